The van der Waals surface area contributed by atoms with Crippen LogP contribution in [0.2, 0.25) is 0 Å². The molecule has 106 valence electrons. The summed E-state index contributed by atoms with van der Waals surface area (Å²) in [5.74, 6) is 0. The largest absolute Gasteiger partial charge is 0.306 e. The van der Waals surface area contributed by atoms with Crippen molar-refractivity contribution in [3.05, 3.63) is 64.0 Å². The highest BCUT2D eigenvalue weighted by Crippen LogP contribution is 2.27. The molecule has 0 saturated heterocycles. The number of rotatable bonds is 4. The van der Waals surface area contributed by atoms with Gasteiger partial charge in [0.2, 0.25) is 0 Å². The summed E-state index contributed by atoms with van der Waals surface area (Å²) in [5.41, 5.74) is 7.42. The molecule has 2 heteroatoms. The maximum atomic E-state index is 4.61. The van der Waals surface area contributed by atoms with Crippen molar-refractivity contribution in [2.24, 2.45) is 0 Å². The molecule has 0 amide bonds. The molecular formula is C18H24N2. The van der Waals surface area contributed by atoms with Gasteiger partial charge in [-0.1, -0.05) is 36.8 Å². The number of benzene rings is 1. The van der Waals surface area contributed by atoms with Gasteiger partial charge in [-0.25, -0.2) is 0 Å². The number of nitrogens with one attached hydrogen (secondary N) is 1. The number of nitrogens with zero attached hydrogens (tertiary/aromatic N) is 1. The fourth-order valence-corrected chi connectivity index (χ4v) is 2.66. The van der Waals surface area contributed by atoms with Crippen molar-refractivity contribution in [2.75, 3.05) is 6.54 Å². The molecule has 1 heterocycles. The second-order valence-corrected chi connectivity index (χ2v) is 5.48. The van der Waals surface area contributed by atoms with Crippen molar-refractivity contribution in [3.8, 4) is 0 Å². The average molecular weight is 268 g/mol. The number of hydrogen-bond acceptors (Lipinski definition) is 2. The third kappa shape index (κ3) is 3.07. The van der Waals surface area contributed by atoms with Crippen LogP contribution in [-0.4, -0.2) is 11.5 Å². The zero-order chi connectivity index (χ0) is 14.7. The fraction of sp³-hybridized carbons (Fsp3) is 0.389. The van der Waals surface area contributed by atoms with E-state index in [1.165, 1.54) is 22.3 Å². The van der Waals surface area contributed by atoms with Gasteiger partial charge >= 0.3 is 0 Å². The van der Waals surface area contributed by atoms with Crippen molar-refractivity contribution in [1.29, 1.82) is 0 Å². The zero-order valence-electron chi connectivity index (χ0n) is 13.1. The van der Waals surface area contributed by atoms with Gasteiger partial charge in [0.05, 0.1) is 6.04 Å². The second-order valence-electron chi connectivity index (χ2n) is 5.48. The number of pyridine rings is 1. The Morgan fingerprint density at radius 1 is 1.00 bits per heavy atom. The van der Waals surface area contributed by atoms with E-state index in [2.05, 4.69) is 68.3 Å². The topological polar surface area (TPSA) is 24.9 Å². The molecule has 0 fully saturated rings. The van der Waals surface area contributed by atoms with Crippen LogP contribution in [0.15, 0.2) is 30.3 Å². The average Bonchev–Trinajstić information content (AvgIpc) is 2.40. The summed E-state index contributed by atoms with van der Waals surface area (Å²) in [7, 11) is 0. The molecule has 1 N–H and O–H groups in total. The first-order valence-electron chi connectivity index (χ1n) is 7.27. The molecule has 0 aliphatic carbocycles. The van der Waals surface area contributed by atoms with Gasteiger partial charge < -0.3 is 5.32 Å². The van der Waals surface area contributed by atoms with Gasteiger partial charge in [-0.3, -0.25) is 4.98 Å². The van der Waals surface area contributed by atoms with Crippen LogP contribution in [0.5, 0.6) is 0 Å². The van der Waals surface area contributed by atoms with Gasteiger partial charge in [0, 0.05) is 11.4 Å². The molecule has 2 aromatic rings. The summed E-state index contributed by atoms with van der Waals surface area (Å²) in [6.45, 7) is 11.5. The SMILES string of the molecule is CCNC(c1cc(C)ccc1C)c1ccc(C)nc1C. The minimum atomic E-state index is 0.216. The lowest BCUT2D eigenvalue weighted by molar-refractivity contribution is 0.621. The van der Waals surface area contributed by atoms with Gasteiger partial charge in [-0.15, -0.1) is 0 Å². The van der Waals surface area contributed by atoms with E-state index in [1.54, 1.807) is 0 Å². The van der Waals surface area contributed by atoms with E-state index in [4.69, 9.17) is 0 Å². The molecule has 1 aromatic carbocycles. The molecule has 1 atom stereocenters. The van der Waals surface area contributed by atoms with Gasteiger partial charge in [0.15, 0.2) is 0 Å². The lowest BCUT2D eigenvalue weighted by Gasteiger charge is -2.23. The highest BCUT2D eigenvalue weighted by Gasteiger charge is 2.17. The summed E-state index contributed by atoms with van der Waals surface area (Å²) < 4.78 is 0. The Morgan fingerprint density at radius 3 is 2.40 bits per heavy atom. The molecule has 0 aliphatic heterocycles. The predicted molar refractivity (Wildman–Crippen MR) is 85.1 cm³/mol. The van der Waals surface area contributed by atoms with Gasteiger partial charge in [-0.2, -0.15) is 0 Å². The van der Waals surface area contributed by atoms with Crippen molar-refractivity contribution < 1.29 is 0 Å². The van der Waals surface area contributed by atoms with Crippen molar-refractivity contribution in [1.82, 2.24) is 10.3 Å². The van der Waals surface area contributed by atoms with Gasteiger partial charge in [-0.05, 0) is 57.0 Å². The fourth-order valence-electron chi connectivity index (χ4n) is 2.66. The Bertz CT molecular complexity index is 602. The van der Waals surface area contributed by atoms with Crippen LogP contribution in [0.25, 0.3) is 0 Å². The summed E-state index contributed by atoms with van der Waals surface area (Å²) in [4.78, 5) is 4.61. The smallest absolute Gasteiger partial charge is 0.0597 e. The Kier molecular flexibility index (Phi) is 4.56. The quantitative estimate of drug-likeness (QED) is 0.906. The number of aryl methyl sites for hydroxylation is 4. The molecule has 0 saturated carbocycles. The van der Waals surface area contributed by atoms with E-state index in [1.807, 2.05) is 6.92 Å². The Hall–Kier alpha value is -1.67. The van der Waals surface area contributed by atoms with Crippen LogP contribution in [0.1, 0.15) is 46.6 Å². The van der Waals surface area contributed by atoms with Crippen LogP contribution in [0.3, 0.4) is 0 Å². The van der Waals surface area contributed by atoms with E-state index in [0.29, 0.717) is 0 Å². The third-order valence-electron chi connectivity index (χ3n) is 3.73. The summed E-state index contributed by atoms with van der Waals surface area (Å²) >= 11 is 0. The summed E-state index contributed by atoms with van der Waals surface area (Å²) in [5, 5.41) is 3.60. The van der Waals surface area contributed by atoms with Crippen molar-refractivity contribution >= 4 is 0 Å². The molecule has 0 bridgehead atoms. The first kappa shape index (κ1) is 14.7. The zero-order valence-corrected chi connectivity index (χ0v) is 13.1. The summed E-state index contributed by atoms with van der Waals surface area (Å²) in [6, 6.07) is 11.2. The van der Waals surface area contributed by atoms with Crippen LogP contribution in [0, 0.1) is 27.7 Å². The van der Waals surface area contributed by atoms with E-state index in [-0.39, 0.29) is 6.04 Å². The van der Waals surface area contributed by atoms with Gasteiger partial charge in [0.1, 0.15) is 0 Å². The first-order valence-corrected chi connectivity index (χ1v) is 7.27. The first-order chi connectivity index (χ1) is 9.52. The molecule has 2 nitrogen and oxygen atoms in total. The normalized spacial score (nSPS) is 12.4. The lowest BCUT2D eigenvalue weighted by Crippen LogP contribution is -2.24. The number of aromatic nitrogens is 1. The molecule has 1 aromatic heterocycles. The van der Waals surface area contributed by atoms with Gasteiger partial charge in [0.25, 0.3) is 0 Å². The predicted octanol–water partition coefficient (Wildman–Crippen LogP) is 4.01. The van der Waals surface area contributed by atoms with Crippen molar-refractivity contribution in [3.63, 3.8) is 0 Å². The number of hydrogen-bond donors (Lipinski definition) is 1. The minimum Gasteiger partial charge on any atom is -0.306 e. The van der Waals surface area contributed by atoms with E-state index in [9.17, 15) is 0 Å². The van der Waals surface area contributed by atoms with Crippen molar-refractivity contribution in [2.45, 2.75) is 40.7 Å². The standard InChI is InChI=1S/C18H24N2/c1-6-19-18(16-10-9-14(4)20-15(16)5)17-11-12(2)7-8-13(17)3/h7-11,18-19H,6H2,1-5H3. The summed E-state index contributed by atoms with van der Waals surface area (Å²) in [6.07, 6.45) is 0. The molecule has 0 aliphatic rings. The van der Waals surface area contributed by atoms with Crippen LogP contribution < -0.4 is 5.32 Å². The van der Waals surface area contributed by atoms with Crippen LogP contribution in [0.4, 0.5) is 0 Å². The Morgan fingerprint density at radius 2 is 1.75 bits per heavy atom. The van der Waals surface area contributed by atoms with Crippen LogP contribution >= 0.6 is 0 Å². The molecule has 2 rings (SSSR count). The minimum absolute atomic E-state index is 0.216. The molecular weight excluding hydrogens is 244 g/mol. The third-order valence-corrected chi connectivity index (χ3v) is 3.73. The van der Waals surface area contributed by atoms with Crippen LogP contribution in [-0.2, 0) is 0 Å². The maximum Gasteiger partial charge on any atom is 0.0597 e. The Labute approximate surface area is 122 Å². The monoisotopic (exact) mass is 268 g/mol. The molecule has 0 spiro atoms. The Balaban J connectivity index is 2.53. The van der Waals surface area contributed by atoms with E-state index >= 15 is 0 Å². The lowest BCUT2D eigenvalue weighted by atomic mass is 9.92. The van der Waals surface area contributed by atoms with E-state index < -0.39 is 0 Å². The highest BCUT2D eigenvalue weighted by atomic mass is 14.9. The molecule has 0 radical (unpaired) electrons. The second kappa shape index (κ2) is 6.19. The maximum absolute atomic E-state index is 4.61. The molecule has 1 unspecified atom stereocenters. The van der Waals surface area contributed by atoms with E-state index in [0.717, 1.165) is 17.9 Å². The highest BCUT2D eigenvalue weighted by molar-refractivity contribution is 5.40. The molecule has 20 heavy (non-hydrogen) atoms.